The average molecular weight is 399 g/mol. The van der Waals surface area contributed by atoms with Crippen molar-refractivity contribution in [2.24, 2.45) is 0 Å². The zero-order chi connectivity index (χ0) is 19.6. The van der Waals surface area contributed by atoms with Crippen molar-refractivity contribution in [1.82, 2.24) is 0 Å². The van der Waals surface area contributed by atoms with Crippen LogP contribution < -0.4 is 0 Å². The van der Waals surface area contributed by atoms with Gasteiger partial charge in [0, 0.05) is 15.4 Å². The van der Waals surface area contributed by atoms with Crippen molar-refractivity contribution in [3.63, 3.8) is 0 Å². The fourth-order valence-electron chi connectivity index (χ4n) is 2.67. The van der Waals surface area contributed by atoms with E-state index in [-0.39, 0.29) is 23.4 Å². The summed E-state index contributed by atoms with van der Waals surface area (Å²) in [5, 5.41) is 0. The summed E-state index contributed by atoms with van der Waals surface area (Å²) < 4.78 is 5.88. The van der Waals surface area contributed by atoms with Crippen molar-refractivity contribution < 1.29 is 14.3 Å². The molecule has 0 atom stereocenters. The molecule has 3 rings (SSSR count). The van der Waals surface area contributed by atoms with Crippen LogP contribution in [0.15, 0.2) is 68.1 Å². The molecule has 2 aromatic rings. The van der Waals surface area contributed by atoms with Crippen LogP contribution in [-0.2, 0) is 14.9 Å². The van der Waals surface area contributed by atoms with E-state index >= 15 is 0 Å². The van der Waals surface area contributed by atoms with Gasteiger partial charge in [0.1, 0.15) is 5.57 Å². The van der Waals surface area contributed by atoms with Gasteiger partial charge in [-0.05, 0) is 30.0 Å². The lowest BCUT2D eigenvalue weighted by Gasteiger charge is -2.19. The number of hydrogen-bond donors (Lipinski definition) is 0. The summed E-state index contributed by atoms with van der Waals surface area (Å²) in [5.41, 5.74) is 1.87. The first-order valence-electron chi connectivity index (χ1n) is 8.82. The van der Waals surface area contributed by atoms with Gasteiger partial charge in [0.05, 0.1) is 10.8 Å². The second-order valence-electron chi connectivity index (χ2n) is 7.19. The number of esters is 1. The maximum Gasteiger partial charge on any atom is 0.343 e. The molecular weight excluding hydrogens is 376 g/mol. The number of ether oxygens (including phenoxy) is 1. The number of fused-ring (bicyclic) bond motifs is 1. The first-order chi connectivity index (χ1) is 12.8. The monoisotopic (exact) mass is 398 g/mol. The van der Waals surface area contributed by atoms with Gasteiger partial charge in [0.2, 0.25) is 5.78 Å². The Labute approximate surface area is 168 Å². The Morgan fingerprint density at radius 3 is 2.26 bits per heavy atom. The number of carbonyl (C=O) groups excluding carboxylic acids is 2. The first-order valence-corrected chi connectivity index (χ1v) is 10.5. The number of ketones is 1. The van der Waals surface area contributed by atoms with Crippen molar-refractivity contribution >= 4 is 35.3 Å². The largest absolute Gasteiger partial charge is 0.462 e. The number of rotatable bonds is 4. The zero-order valence-electron chi connectivity index (χ0n) is 15.9. The van der Waals surface area contributed by atoms with Crippen molar-refractivity contribution in [3.05, 3.63) is 69.5 Å². The summed E-state index contributed by atoms with van der Waals surface area (Å²) in [6.45, 7) is 8.48. The fourth-order valence-corrected chi connectivity index (χ4v) is 5.23. The molecule has 1 aliphatic rings. The highest BCUT2D eigenvalue weighted by Crippen LogP contribution is 2.53. The maximum atomic E-state index is 13.0. The van der Waals surface area contributed by atoms with E-state index in [1.54, 1.807) is 31.2 Å². The van der Waals surface area contributed by atoms with E-state index in [9.17, 15) is 9.59 Å². The lowest BCUT2D eigenvalue weighted by atomic mass is 9.87. The minimum absolute atomic E-state index is 0.0382. The Balaban J connectivity index is 2.02. The molecule has 2 aromatic carbocycles. The second-order valence-corrected chi connectivity index (χ2v) is 9.56. The molecule has 0 saturated carbocycles. The molecule has 3 nitrogen and oxygen atoms in total. The number of carbonyl (C=O) groups is 2. The number of benzene rings is 2. The topological polar surface area (TPSA) is 43.4 Å². The quantitative estimate of drug-likeness (QED) is 0.213. The molecule has 0 saturated heterocycles. The molecule has 140 valence electrons. The summed E-state index contributed by atoms with van der Waals surface area (Å²) in [4.78, 5) is 27.8. The SMILES string of the molecule is CCOC(=O)/C(C(=O)c1ccccc1)=C1/Sc2ccc(C(C)(C)C)cc2S1. The van der Waals surface area contributed by atoms with Gasteiger partial charge in [-0.3, -0.25) is 4.79 Å². The van der Waals surface area contributed by atoms with Crippen molar-refractivity contribution in [2.45, 2.75) is 42.9 Å². The van der Waals surface area contributed by atoms with E-state index in [1.165, 1.54) is 29.1 Å². The van der Waals surface area contributed by atoms with Gasteiger partial charge in [0.25, 0.3) is 0 Å². The van der Waals surface area contributed by atoms with E-state index in [1.807, 2.05) is 6.07 Å². The Hall–Kier alpha value is -1.98. The molecule has 5 heteroatoms. The highest BCUT2D eigenvalue weighted by atomic mass is 32.2. The van der Waals surface area contributed by atoms with Gasteiger partial charge in [0.15, 0.2) is 0 Å². The molecule has 0 fully saturated rings. The van der Waals surface area contributed by atoms with Gasteiger partial charge in [-0.25, -0.2) is 4.79 Å². The van der Waals surface area contributed by atoms with Crippen LogP contribution in [0.2, 0.25) is 0 Å². The van der Waals surface area contributed by atoms with Crippen LogP contribution in [0.4, 0.5) is 0 Å². The second kappa shape index (κ2) is 7.95. The Morgan fingerprint density at radius 2 is 1.63 bits per heavy atom. The molecular formula is C22H22O3S2. The van der Waals surface area contributed by atoms with Crippen LogP contribution in [-0.4, -0.2) is 18.4 Å². The fraction of sp³-hybridized carbons (Fsp3) is 0.273. The maximum absolute atomic E-state index is 13.0. The Morgan fingerprint density at radius 1 is 0.963 bits per heavy atom. The minimum Gasteiger partial charge on any atom is -0.462 e. The third-order valence-electron chi connectivity index (χ3n) is 4.16. The van der Waals surface area contributed by atoms with Gasteiger partial charge < -0.3 is 4.74 Å². The standard InChI is InChI=1S/C22H22O3S2/c1-5-25-20(24)18(19(23)14-9-7-6-8-10-14)21-26-16-12-11-15(22(2,3)4)13-17(16)27-21/h6-13H,5H2,1-4H3/b21-18-. The Bertz CT molecular complexity index is 909. The smallest absolute Gasteiger partial charge is 0.343 e. The van der Waals surface area contributed by atoms with E-state index < -0.39 is 5.97 Å². The van der Waals surface area contributed by atoms with Crippen molar-refractivity contribution in [3.8, 4) is 0 Å². The normalized spacial score (nSPS) is 15.3. The van der Waals surface area contributed by atoms with Crippen LogP contribution >= 0.6 is 23.5 Å². The molecule has 0 aromatic heterocycles. The predicted molar refractivity (Wildman–Crippen MR) is 111 cm³/mol. The minimum atomic E-state index is -0.565. The first kappa shape index (κ1) is 19.8. The lowest BCUT2D eigenvalue weighted by Crippen LogP contribution is -2.17. The Kier molecular flexibility index (Phi) is 5.82. The highest BCUT2D eigenvalue weighted by Gasteiger charge is 2.31. The van der Waals surface area contributed by atoms with E-state index in [0.29, 0.717) is 9.80 Å². The summed E-state index contributed by atoms with van der Waals surface area (Å²) in [6.07, 6.45) is 0. The van der Waals surface area contributed by atoms with Gasteiger partial charge in [-0.15, -0.1) is 0 Å². The molecule has 0 N–H and O–H groups in total. The van der Waals surface area contributed by atoms with Crippen LogP contribution in [0.1, 0.15) is 43.6 Å². The molecule has 1 aliphatic heterocycles. The molecule has 0 aliphatic carbocycles. The van der Waals surface area contributed by atoms with E-state index in [2.05, 4.69) is 39.0 Å². The number of thioether (sulfide) groups is 2. The molecule has 0 amide bonds. The van der Waals surface area contributed by atoms with Crippen LogP contribution in [0, 0.1) is 0 Å². The van der Waals surface area contributed by atoms with Crippen molar-refractivity contribution in [2.75, 3.05) is 6.61 Å². The molecule has 27 heavy (non-hydrogen) atoms. The summed E-state index contributed by atoms with van der Waals surface area (Å²) in [5.74, 6) is -0.863. The van der Waals surface area contributed by atoms with E-state index in [0.717, 1.165) is 9.79 Å². The predicted octanol–water partition coefficient (Wildman–Crippen LogP) is 5.84. The molecule has 0 spiro atoms. The van der Waals surface area contributed by atoms with Crippen molar-refractivity contribution in [1.29, 1.82) is 0 Å². The number of Topliss-reactive ketones (excluding diaryl/α,β-unsaturated/α-hetero) is 1. The third kappa shape index (κ3) is 4.30. The molecule has 1 heterocycles. The summed E-state index contributed by atoms with van der Waals surface area (Å²) in [7, 11) is 0. The number of hydrogen-bond acceptors (Lipinski definition) is 5. The average Bonchev–Trinajstić information content (AvgIpc) is 3.04. The summed E-state index contributed by atoms with van der Waals surface area (Å²) >= 11 is 2.93. The molecule has 0 unspecified atom stereocenters. The van der Waals surface area contributed by atoms with Gasteiger partial charge in [-0.1, -0.05) is 80.7 Å². The summed E-state index contributed by atoms with van der Waals surface area (Å²) in [6, 6.07) is 15.2. The lowest BCUT2D eigenvalue weighted by molar-refractivity contribution is -0.138. The van der Waals surface area contributed by atoms with E-state index in [4.69, 9.17) is 4.74 Å². The van der Waals surface area contributed by atoms with Crippen LogP contribution in [0.25, 0.3) is 0 Å². The molecule has 0 bridgehead atoms. The van der Waals surface area contributed by atoms with Crippen LogP contribution in [0.5, 0.6) is 0 Å². The van der Waals surface area contributed by atoms with Crippen LogP contribution in [0.3, 0.4) is 0 Å². The van der Waals surface area contributed by atoms with Gasteiger partial charge in [-0.2, -0.15) is 0 Å². The molecule has 0 radical (unpaired) electrons. The third-order valence-corrected chi connectivity index (χ3v) is 6.70. The zero-order valence-corrected chi connectivity index (χ0v) is 17.5. The van der Waals surface area contributed by atoms with Gasteiger partial charge >= 0.3 is 5.97 Å². The highest BCUT2D eigenvalue weighted by molar-refractivity contribution is 8.24.